The standard InChI is InChI=1S/C11H12O2/c1-2-3-5-9-6-4-7-10(8-9)11(12)13/h2,4,6-8H,1,3,5H2,(H,12,13). The molecule has 1 N–H and O–H groups in total. The van der Waals surface area contributed by atoms with Crippen LogP contribution in [0.2, 0.25) is 0 Å². The van der Waals surface area contributed by atoms with E-state index in [9.17, 15) is 4.79 Å². The maximum atomic E-state index is 10.6. The molecule has 0 amide bonds. The van der Waals surface area contributed by atoms with Crippen molar-refractivity contribution in [1.82, 2.24) is 0 Å². The Morgan fingerprint density at radius 1 is 1.54 bits per heavy atom. The maximum Gasteiger partial charge on any atom is 0.335 e. The lowest BCUT2D eigenvalue weighted by Gasteiger charge is -1.99. The molecule has 0 aliphatic carbocycles. The number of aromatic carboxylic acids is 1. The van der Waals surface area contributed by atoms with Crippen LogP contribution in [0.15, 0.2) is 36.9 Å². The molecule has 0 heterocycles. The van der Waals surface area contributed by atoms with Gasteiger partial charge in [-0.15, -0.1) is 6.58 Å². The minimum Gasteiger partial charge on any atom is -0.478 e. The normalized spacial score (nSPS) is 9.54. The van der Waals surface area contributed by atoms with Crippen molar-refractivity contribution in [3.8, 4) is 0 Å². The molecule has 0 bridgehead atoms. The summed E-state index contributed by atoms with van der Waals surface area (Å²) in [6.45, 7) is 3.62. The van der Waals surface area contributed by atoms with Crippen LogP contribution in [0.5, 0.6) is 0 Å². The molecule has 1 rings (SSSR count). The van der Waals surface area contributed by atoms with Gasteiger partial charge >= 0.3 is 5.97 Å². The predicted molar refractivity (Wildman–Crippen MR) is 51.9 cm³/mol. The highest BCUT2D eigenvalue weighted by atomic mass is 16.4. The van der Waals surface area contributed by atoms with Crippen molar-refractivity contribution in [3.05, 3.63) is 48.0 Å². The molecule has 1 aromatic rings. The summed E-state index contributed by atoms with van der Waals surface area (Å²) >= 11 is 0. The van der Waals surface area contributed by atoms with Gasteiger partial charge in [0.05, 0.1) is 5.56 Å². The van der Waals surface area contributed by atoms with Gasteiger partial charge in [0.25, 0.3) is 0 Å². The molecule has 0 unspecified atom stereocenters. The third-order valence-corrected chi connectivity index (χ3v) is 1.81. The van der Waals surface area contributed by atoms with Crippen LogP contribution in [-0.2, 0) is 6.42 Å². The Hall–Kier alpha value is -1.57. The summed E-state index contributed by atoms with van der Waals surface area (Å²) < 4.78 is 0. The van der Waals surface area contributed by atoms with Crippen LogP contribution < -0.4 is 0 Å². The van der Waals surface area contributed by atoms with Crippen LogP contribution >= 0.6 is 0 Å². The molecule has 0 saturated heterocycles. The molecule has 0 spiro atoms. The first-order valence-corrected chi connectivity index (χ1v) is 4.17. The average Bonchev–Trinajstić information content (AvgIpc) is 2.15. The third-order valence-electron chi connectivity index (χ3n) is 1.81. The van der Waals surface area contributed by atoms with Crippen molar-refractivity contribution >= 4 is 5.97 Å². The van der Waals surface area contributed by atoms with Gasteiger partial charge in [-0.3, -0.25) is 0 Å². The molecule has 1 aromatic carbocycles. The van der Waals surface area contributed by atoms with Crippen LogP contribution in [0.25, 0.3) is 0 Å². The zero-order chi connectivity index (χ0) is 9.68. The second kappa shape index (κ2) is 4.45. The lowest BCUT2D eigenvalue weighted by atomic mass is 10.1. The molecule has 2 nitrogen and oxygen atoms in total. The molecular weight excluding hydrogens is 164 g/mol. The summed E-state index contributed by atoms with van der Waals surface area (Å²) in [7, 11) is 0. The smallest absolute Gasteiger partial charge is 0.335 e. The van der Waals surface area contributed by atoms with Gasteiger partial charge in [0.2, 0.25) is 0 Å². The molecule has 0 saturated carbocycles. The number of carboxylic acid groups (broad SMARTS) is 1. The number of benzene rings is 1. The van der Waals surface area contributed by atoms with E-state index in [0.717, 1.165) is 18.4 Å². The van der Waals surface area contributed by atoms with Crippen LogP contribution in [0, 0.1) is 0 Å². The van der Waals surface area contributed by atoms with Gasteiger partial charge in [-0.1, -0.05) is 18.2 Å². The fourth-order valence-corrected chi connectivity index (χ4v) is 1.13. The molecule has 13 heavy (non-hydrogen) atoms. The Bertz CT molecular complexity index is 316. The molecule has 0 radical (unpaired) electrons. The van der Waals surface area contributed by atoms with E-state index in [1.807, 2.05) is 12.1 Å². The average molecular weight is 176 g/mol. The highest BCUT2D eigenvalue weighted by molar-refractivity contribution is 5.87. The summed E-state index contributed by atoms with van der Waals surface area (Å²) in [5.41, 5.74) is 1.39. The minimum absolute atomic E-state index is 0.349. The van der Waals surface area contributed by atoms with E-state index < -0.39 is 5.97 Å². The fraction of sp³-hybridized carbons (Fsp3) is 0.182. The molecule has 0 fully saturated rings. The van der Waals surface area contributed by atoms with Crippen molar-refractivity contribution in [2.75, 3.05) is 0 Å². The molecule has 0 atom stereocenters. The number of carbonyl (C=O) groups is 1. The van der Waals surface area contributed by atoms with E-state index in [0.29, 0.717) is 5.56 Å². The van der Waals surface area contributed by atoms with E-state index in [1.54, 1.807) is 18.2 Å². The zero-order valence-electron chi connectivity index (χ0n) is 7.36. The second-order valence-corrected chi connectivity index (χ2v) is 2.83. The summed E-state index contributed by atoms with van der Waals surface area (Å²) in [6.07, 6.45) is 3.56. The number of rotatable bonds is 4. The van der Waals surface area contributed by atoms with Crippen molar-refractivity contribution in [1.29, 1.82) is 0 Å². The highest BCUT2D eigenvalue weighted by Gasteiger charge is 2.01. The number of hydrogen-bond donors (Lipinski definition) is 1. The SMILES string of the molecule is C=CCCc1cccc(C(=O)O)c1. The number of aryl methyl sites for hydroxylation is 1. The Labute approximate surface area is 77.5 Å². The first-order valence-electron chi connectivity index (χ1n) is 4.17. The van der Waals surface area contributed by atoms with Gasteiger partial charge in [0, 0.05) is 0 Å². The first-order chi connectivity index (χ1) is 6.24. The molecular formula is C11H12O2. The van der Waals surface area contributed by atoms with Crippen LogP contribution in [0.1, 0.15) is 22.3 Å². The van der Waals surface area contributed by atoms with E-state index in [-0.39, 0.29) is 0 Å². The Morgan fingerprint density at radius 2 is 2.31 bits per heavy atom. The molecule has 0 aliphatic heterocycles. The minimum atomic E-state index is -0.875. The van der Waals surface area contributed by atoms with E-state index in [2.05, 4.69) is 6.58 Å². The van der Waals surface area contributed by atoms with Crippen molar-refractivity contribution in [3.63, 3.8) is 0 Å². The van der Waals surface area contributed by atoms with Gasteiger partial charge in [-0.05, 0) is 30.5 Å². The molecule has 0 aliphatic rings. The third kappa shape index (κ3) is 2.75. The molecule has 2 heteroatoms. The first kappa shape index (κ1) is 9.52. The zero-order valence-corrected chi connectivity index (χ0v) is 7.36. The maximum absolute atomic E-state index is 10.6. The van der Waals surface area contributed by atoms with Crippen LogP contribution in [0.3, 0.4) is 0 Å². The summed E-state index contributed by atoms with van der Waals surface area (Å²) in [5, 5.41) is 8.71. The molecule has 0 aromatic heterocycles. The quantitative estimate of drug-likeness (QED) is 0.715. The predicted octanol–water partition coefficient (Wildman–Crippen LogP) is 2.50. The number of carboxylic acids is 1. The lowest BCUT2D eigenvalue weighted by molar-refractivity contribution is 0.0697. The van der Waals surface area contributed by atoms with E-state index >= 15 is 0 Å². The summed E-state index contributed by atoms with van der Waals surface area (Å²) in [4.78, 5) is 10.6. The largest absolute Gasteiger partial charge is 0.478 e. The fourth-order valence-electron chi connectivity index (χ4n) is 1.13. The lowest BCUT2D eigenvalue weighted by Crippen LogP contribution is -1.96. The molecule has 68 valence electrons. The van der Waals surface area contributed by atoms with Crippen LogP contribution in [-0.4, -0.2) is 11.1 Å². The summed E-state index contributed by atoms with van der Waals surface area (Å²) in [5.74, 6) is -0.875. The van der Waals surface area contributed by atoms with Gasteiger partial charge in [-0.25, -0.2) is 4.79 Å². The Morgan fingerprint density at radius 3 is 2.92 bits per heavy atom. The van der Waals surface area contributed by atoms with Crippen molar-refractivity contribution < 1.29 is 9.90 Å². The topological polar surface area (TPSA) is 37.3 Å². The van der Waals surface area contributed by atoms with Crippen molar-refractivity contribution in [2.24, 2.45) is 0 Å². The Balaban J connectivity index is 2.79. The number of allylic oxidation sites excluding steroid dienone is 1. The highest BCUT2D eigenvalue weighted by Crippen LogP contribution is 2.07. The number of hydrogen-bond acceptors (Lipinski definition) is 1. The van der Waals surface area contributed by atoms with E-state index in [4.69, 9.17) is 5.11 Å². The van der Waals surface area contributed by atoms with Gasteiger partial charge in [-0.2, -0.15) is 0 Å². The second-order valence-electron chi connectivity index (χ2n) is 2.83. The Kier molecular flexibility index (Phi) is 3.26. The summed E-state index contributed by atoms with van der Waals surface area (Å²) in [6, 6.07) is 6.99. The van der Waals surface area contributed by atoms with E-state index in [1.165, 1.54) is 0 Å². The van der Waals surface area contributed by atoms with Gasteiger partial charge < -0.3 is 5.11 Å². The monoisotopic (exact) mass is 176 g/mol. The van der Waals surface area contributed by atoms with Gasteiger partial charge in [0.1, 0.15) is 0 Å². The van der Waals surface area contributed by atoms with Gasteiger partial charge in [0.15, 0.2) is 0 Å². The van der Waals surface area contributed by atoms with Crippen LogP contribution in [0.4, 0.5) is 0 Å². The van der Waals surface area contributed by atoms with Crippen molar-refractivity contribution in [2.45, 2.75) is 12.8 Å².